The maximum Gasteiger partial charge on any atom is 0.326 e. The van der Waals surface area contributed by atoms with E-state index in [1.54, 1.807) is 13.1 Å². The van der Waals surface area contributed by atoms with Crippen LogP contribution in [0.5, 0.6) is 0 Å². The van der Waals surface area contributed by atoms with Crippen LogP contribution in [0.4, 0.5) is 0 Å². The van der Waals surface area contributed by atoms with Crippen LogP contribution in [0.15, 0.2) is 30.5 Å². The van der Waals surface area contributed by atoms with Gasteiger partial charge in [0.05, 0.1) is 6.04 Å². The van der Waals surface area contributed by atoms with E-state index < -0.39 is 24.0 Å². The average molecular weight is 372 g/mol. The molecule has 0 radical (unpaired) electrons. The first-order valence-corrected chi connectivity index (χ1v) is 9.07. The van der Waals surface area contributed by atoms with Crippen molar-refractivity contribution < 1.29 is 19.5 Å². The summed E-state index contributed by atoms with van der Waals surface area (Å²) >= 11 is 0. The molecular weight excluding hydrogens is 348 g/mol. The second-order valence-electron chi connectivity index (χ2n) is 6.84. The highest BCUT2D eigenvalue weighted by atomic mass is 16.4. The summed E-state index contributed by atoms with van der Waals surface area (Å²) in [4.78, 5) is 39.2. The van der Waals surface area contributed by atoms with E-state index in [-0.39, 0.29) is 18.4 Å². The number of aliphatic carboxylic acids is 1. The maximum absolute atomic E-state index is 12.4. The van der Waals surface area contributed by atoms with Crippen molar-refractivity contribution in [1.29, 1.82) is 0 Å². The Balaban J connectivity index is 1.62. The van der Waals surface area contributed by atoms with Gasteiger partial charge in [-0.05, 0) is 37.9 Å². The smallest absolute Gasteiger partial charge is 0.326 e. The number of rotatable bonds is 7. The summed E-state index contributed by atoms with van der Waals surface area (Å²) in [6.45, 7) is 2.33. The Morgan fingerprint density at radius 1 is 1.26 bits per heavy atom. The Kier molecular flexibility index (Phi) is 5.75. The molecule has 1 saturated heterocycles. The SMILES string of the molecule is C[C@H](NC(=O)[C@@H]1CCCN1)C(=O)N[C@@H](Cc1c[nH]c2ccccc12)C(=O)O. The van der Waals surface area contributed by atoms with Gasteiger partial charge >= 0.3 is 5.97 Å². The number of carbonyl (C=O) groups is 3. The highest BCUT2D eigenvalue weighted by molar-refractivity contribution is 5.92. The van der Waals surface area contributed by atoms with Crippen LogP contribution in [0.25, 0.3) is 10.9 Å². The maximum atomic E-state index is 12.4. The van der Waals surface area contributed by atoms with Gasteiger partial charge in [0.1, 0.15) is 12.1 Å². The molecule has 1 aromatic heterocycles. The lowest BCUT2D eigenvalue weighted by Gasteiger charge is -2.20. The van der Waals surface area contributed by atoms with E-state index in [1.807, 2.05) is 24.3 Å². The van der Waals surface area contributed by atoms with Gasteiger partial charge in [-0.15, -0.1) is 0 Å². The van der Waals surface area contributed by atoms with Crippen LogP contribution in [0.1, 0.15) is 25.3 Å². The number of H-pyrrole nitrogens is 1. The van der Waals surface area contributed by atoms with Crippen LogP contribution in [0.2, 0.25) is 0 Å². The number of amides is 2. The Morgan fingerprint density at radius 2 is 2.04 bits per heavy atom. The van der Waals surface area contributed by atoms with E-state index in [4.69, 9.17) is 0 Å². The van der Waals surface area contributed by atoms with Gasteiger partial charge < -0.3 is 26.0 Å². The Bertz CT molecular complexity index is 841. The zero-order valence-electron chi connectivity index (χ0n) is 15.1. The number of para-hydroxylation sites is 1. The topological polar surface area (TPSA) is 123 Å². The predicted octanol–water partition coefficient (Wildman–Crippen LogP) is 0.537. The lowest BCUT2D eigenvalue weighted by atomic mass is 10.0. The van der Waals surface area contributed by atoms with Crippen molar-refractivity contribution in [3.63, 3.8) is 0 Å². The van der Waals surface area contributed by atoms with Crippen molar-refractivity contribution in [2.45, 2.75) is 44.3 Å². The molecule has 1 fully saturated rings. The van der Waals surface area contributed by atoms with E-state index in [0.717, 1.165) is 35.9 Å². The predicted molar refractivity (Wildman–Crippen MR) is 100 cm³/mol. The lowest BCUT2D eigenvalue weighted by molar-refractivity contribution is -0.142. The quantitative estimate of drug-likeness (QED) is 0.485. The molecule has 144 valence electrons. The van der Waals surface area contributed by atoms with Gasteiger partial charge in [0.25, 0.3) is 0 Å². The summed E-state index contributed by atoms with van der Waals surface area (Å²) in [6.07, 6.45) is 3.56. The number of nitrogens with one attached hydrogen (secondary N) is 4. The van der Waals surface area contributed by atoms with Gasteiger partial charge in [0.15, 0.2) is 0 Å². The summed E-state index contributed by atoms with van der Waals surface area (Å²) in [6, 6.07) is 5.39. The van der Waals surface area contributed by atoms with Crippen LogP contribution in [-0.2, 0) is 20.8 Å². The summed E-state index contributed by atoms with van der Waals surface area (Å²) in [5.74, 6) is -1.88. The number of hydrogen-bond donors (Lipinski definition) is 5. The fourth-order valence-corrected chi connectivity index (χ4v) is 3.31. The van der Waals surface area contributed by atoms with Crippen LogP contribution in [-0.4, -0.2) is 52.5 Å². The highest BCUT2D eigenvalue weighted by Crippen LogP contribution is 2.19. The van der Waals surface area contributed by atoms with Gasteiger partial charge in [-0.2, -0.15) is 0 Å². The molecule has 8 nitrogen and oxygen atoms in total. The molecule has 0 aliphatic carbocycles. The fourth-order valence-electron chi connectivity index (χ4n) is 3.31. The molecule has 0 spiro atoms. The largest absolute Gasteiger partial charge is 0.480 e. The zero-order valence-corrected chi connectivity index (χ0v) is 15.1. The molecule has 2 amide bonds. The van der Waals surface area contributed by atoms with Gasteiger partial charge in [0, 0.05) is 23.5 Å². The molecule has 3 rings (SSSR count). The van der Waals surface area contributed by atoms with Gasteiger partial charge in [-0.3, -0.25) is 9.59 Å². The van der Waals surface area contributed by atoms with E-state index in [0.29, 0.717) is 0 Å². The van der Waals surface area contributed by atoms with Crippen LogP contribution < -0.4 is 16.0 Å². The first-order chi connectivity index (χ1) is 13.0. The van der Waals surface area contributed by atoms with Crippen molar-refractivity contribution in [2.75, 3.05) is 6.54 Å². The Morgan fingerprint density at radius 3 is 2.74 bits per heavy atom. The van der Waals surface area contributed by atoms with Crippen LogP contribution >= 0.6 is 0 Å². The molecule has 8 heteroatoms. The summed E-state index contributed by atoms with van der Waals surface area (Å²) in [5.41, 5.74) is 1.72. The second kappa shape index (κ2) is 8.22. The molecule has 27 heavy (non-hydrogen) atoms. The van der Waals surface area contributed by atoms with Crippen molar-refractivity contribution in [2.24, 2.45) is 0 Å². The first-order valence-electron chi connectivity index (χ1n) is 9.07. The zero-order chi connectivity index (χ0) is 19.4. The molecule has 2 aromatic rings. The Labute approximate surface area is 156 Å². The van der Waals surface area contributed by atoms with Crippen molar-refractivity contribution in [1.82, 2.24) is 20.9 Å². The minimum atomic E-state index is -1.12. The van der Waals surface area contributed by atoms with Gasteiger partial charge in [-0.1, -0.05) is 18.2 Å². The molecule has 0 unspecified atom stereocenters. The molecule has 5 N–H and O–H groups in total. The summed E-state index contributed by atoms with van der Waals surface area (Å²) in [7, 11) is 0. The monoisotopic (exact) mass is 372 g/mol. The molecule has 1 aliphatic heterocycles. The molecule has 1 aromatic carbocycles. The van der Waals surface area contributed by atoms with Crippen molar-refractivity contribution >= 4 is 28.7 Å². The van der Waals surface area contributed by atoms with Gasteiger partial charge in [-0.25, -0.2) is 4.79 Å². The fraction of sp³-hybridized carbons (Fsp3) is 0.421. The van der Waals surface area contributed by atoms with E-state index in [9.17, 15) is 19.5 Å². The number of fused-ring (bicyclic) bond motifs is 1. The average Bonchev–Trinajstić information content (AvgIpc) is 3.31. The number of benzene rings is 1. The number of aromatic nitrogens is 1. The molecule has 2 heterocycles. The minimum absolute atomic E-state index is 0.149. The molecule has 1 aliphatic rings. The second-order valence-corrected chi connectivity index (χ2v) is 6.84. The van der Waals surface area contributed by atoms with Gasteiger partial charge in [0.2, 0.25) is 11.8 Å². The number of aromatic amines is 1. The number of hydrogen-bond acceptors (Lipinski definition) is 4. The lowest BCUT2D eigenvalue weighted by Crippen LogP contribution is -2.53. The number of carboxylic acid groups (broad SMARTS) is 1. The third kappa shape index (κ3) is 4.46. The number of carboxylic acids is 1. The standard InChI is InChI=1S/C19H24N4O4/c1-11(22-18(25)15-7-4-8-20-15)17(24)23-16(19(26)27)9-12-10-21-14-6-3-2-5-13(12)14/h2-3,5-6,10-11,15-16,20-21H,4,7-9H2,1H3,(H,22,25)(H,23,24)(H,26,27)/t11-,15-,16-/m0/s1. The van der Waals surface area contributed by atoms with E-state index >= 15 is 0 Å². The molecular formula is C19H24N4O4. The van der Waals surface area contributed by atoms with Crippen molar-refractivity contribution in [3.8, 4) is 0 Å². The van der Waals surface area contributed by atoms with E-state index in [1.165, 1.54) is 0 Å². The summed E-state index contributed by atoms with van der Waals surface area (Å²) in [5, 5.41) is 18.7. The third-order valence-electron chi connectivity index (χ3n) is 4.84. The summed E-state index contributed by atoms with van der Waals surface area (Å²) < 4.78 is 0. The normalized spacial score (nSPS) is 18.8. The van der Waals surface area contributed by atoms with Crippen molar-refractivity contribution in [3.05, 3.63) is 36.0 Å². The Hall–Kier alpha value is -2.87. The molecule has 3 atom stereocenters. The van der Waals surface area contributed by atoms with Crippen LogP contribution in [0.3, 0.4) is 0 Å². The van der Waals surface area contributed by atoms with E-state index in [2.05, 4.69) is 20.9 Å². The minimum Gasteiger partial charge on any atom is -0.480 e. The highest BCUT2D eigenvalue weighted by Gasteiger charge is 2.28. The number of carbonyl (C=O) groups excluding carboxylic acids is 2. The first kappa shape index (κ1) is 18.9. The van der Waals surface area contributed by atoms with Crippen LogP contribution in [0, 0.1) is 0 Å². The molecule has 0 saturated carbocycles. The third-order valence-corrected chi connectivity index (χ3v) is 4.84. The molecule has 0 bridgehead atoms.